The summed E-state index contributed by atoms with van der Waals surface area (Å²) in [4.78, 5) is 33.4. The van der Waals surface area contributed by atoms with Crippen LogP contribution in [0.2, 0.25) is 0 Å². The van der Waals surface area contributed by atoms with Crippen LogP contribution in [0.3, 0.4) is 0 Å². The fourth-order valence-electron chi connectivity index (χ4n) is 5.65. The number of piperidine rings is 1. The molecule has 5 rings (SSSR count). The highest BCUT2D eigenvalue weighted by molar-refractivity contribution is 6.06. The predicted octanol–water partition coefficient (Wildman–Crippen LogP) is 5.29. The van der Waals surface area contributed by atoms with Gasteiger partial charge in [-0.1, -0.05) is 43.5 Å². The Balaban J connectivity index is 1.37. The molecule has 1 saturated carbocycles. The molecule has 3 heterocycles. The molecule has 0 atom stereocenters. The number of hydrogen-bond acceptors (Lipinski definition) is 4. The number of likely N-dealkylation sites (tertiary alicyclic amines) is 1. The summed E-state index contributed by atoms with van der Waals surface area (Å²) < 4.78 is 1.89. The fourth-order valence-corrected chi connectivity index (χ4v) is 5.65. The number of carbonyl (C=O) groups excluding carboxylic acids is 2. The summed E-state index contributed by atoms with van der Waals surface area (Å²) in [6.07, 6.45) is 8.92. The Hall–Kier alpha value is -3.22. The zero-order valence-electron chi connectivity index (χ0n) is 21.7. The van der Waals surface area contributed by atoms with Crippen molar-refractivity contribution in [2.45, 2.75) is 77.8 Å². The van der Waals surface area contributed by atoms with E-state index in [1.54, 1.807) is 6.20 Å². The monoisotopic (exact) mass is 487 g/mol. The van der Waals surface area contributed by atoms with Gasteiger partial charge in [-0.05, 0) is 58.1 Å². The van der Waals surface area contributed by atoms with Gasteiger partial charge in [0.05, 0.1) is 22.8 Å². The van der Waals surface area contributed by atoms with Crippen LogP contribution in [-0.4, -0.2) is 50.6 Å². The SMILES string of the molecule is Cc1ccccc1-c1cc(C(=O)N2CCC(NC(=O)C3CCCCC3)CC2)c2cnn(C(C)C)c2n1. The molecule has 3 aromatic rings. The van der Waals surface area contributed by atoms with Crippen molar-refractivity contribution in [1.29, 1.82) is 0 Å². The Labute approximate surface area is 213 Å². The Bertz CT molecular complexity index is 1250. The number of aryl methyl sites for hydroxylation is 1. The fraction of sp³-hybridized carbons (Fsp3) is 0.517. The molecule has 1 aliphatic carbocycles. The number of nitrogens with zero attached hydrogens (tertiary/aromatic N) is 4. The van der Waals surface area contributed by atoms with Gasteiger partial charge < -0.3 is 10.2 Å². The van der Waals surface area contributed by atoms with Crippen molar-refractivity contribution in [2.24, 2.45) is 5.92 Å². The number of hydrogen-bond donors (Lipinski definition) is 1. The Morgan fingerprint density at radius 3 is 2.44 bits per heavy atom. The molecule has 1 saturated heterocycles. The summed E-state index contributed by atoms with van der Waals surface area (Å²) in [5, 5.41) is 8.63. The van der Waals surface area contributed by atoms with E-state index in [0.29, 0.717) is 18.7 Å². The summed E-state index contributed by atoms with van der Waals surface area (Å²) in [5.41, 5.74) is 4.32. The van der Waals surface area contributed by atoms with Gasteiger partial charge in [-0.2, -0.15) is 5.10 Å². The first kappa shape index (κ1) is 24.5. The average molecular weight is 488 g/mol. The maximum atomic E-state index is 13.8. The lowest BCUT2D eigenvalue weighted by atomic mass is 9.88. The summed E-state index contributed by atoms with van der Waals surface area (Å²) in [6, 6.07) is 10.3. The molecule has 1 N–H and O–H groups in total. The van der Waals surface area contributed by atoms with Crippen molar-refractivity contribution in [3.05, 3.63) is 47.7 Å². The van der Waals surface area contributed by atoms with Gasteiger partial charge in [-0.25, -0.2) is 9.67 Å². The largest absolute Gasteiger partial charge is 0.353 e. The minimum Gasteiger partial charge on any atom is -0.353 e. The van der Waals surface area contributed by atoms with Crippen molar-refractivity contribution in [2.75, 3.05) is 13.1 Å². The van der Waals surface area contributed by atoms with Crippen molar-refractivity contribution < 1.29 is 9.59 Å². The van der Waals surface area contributed by atoms with Gasteiger partial charge in [0.15, 0.2) is 5.65 Å². The van der Waals surface area contributed by atoms with Crippen LogP contribution in [0.4, 0.5) is 0 Å². The minimum atomic E-state index is 0.0117. The van der Waals surface area contributed by atoms with E-state index in [9.17, 15) is 9.59 Å². The lowest BCUT2D eigenvalue weighted by Gasteiger charge is -2.33. The maximum Gasteiger partial charge on any atom is 0.254 e. The van der Waals surface area contributed by atoms with E-state index in [1.807, 2.05) is 33.8 Å². The van der Waals surface area contributed by atoms with Crippen LogP contribution < -0.4 is 5.32 Å². The van der Waals surface area contributed by atoms with E-state index in [4.69, 9.17) is 4.98 Å². The van der Waals surface area contributed by atoms with Gasteiger partial charge in [-0.3, -0.25) is 9.59 Å². The first-order chi connectivity index (χ1) is 17.4. The summed E-state index contributed by atoms with van der Waals surface area (Å²) in [7, 11) is 0. The molecule has 0 unspecified atom stereocenters. The molecular weight excluding hydrogens is 450 g/mol. The maximum absolute atomic E-state index is 13.8. The smallest absolute Gasteiger partial charge is 0.254 e. The normalized spacial score (nSPS) is 17.6. The van der Waals surface area contributed by atoms with E-state index in [2.05, 4.69) is 37.3 Å². The van der Waals surface area contributed by atoms with Crippen LogP contribution in [0.1, 0.15) is 80.8 Å². The number of amides is 2. The van der Waals surface area contributed by atoms with Gasteiger partial charge in [0.2, 0.25) is 5.91 Å². The number of aromatic nitrogens is 3. The molecule has 1 aliphatic heterocycles. The van der Waals surface area contributed by atoms with Crippen molar-refractivity contribution >= 4 is 22.8 Å². The van der Waals surface area contributed by atoms with Crippen LogP contribution in [-0.2, 0) is 4.79 Å². The second kappa shape index (κ2) is 10.4. The number of rotatable bonds is 5. The number of nitrogens with one attached hydrogen (secondary N) is 1. The lowest BCUT2D eigenvalue weighted by molar-refractivity contribution is -0.126. The van der Waals surface area contributed by atoms with E-state index < -0.39 is 0 Å². The highest BCUT2D eigenvalue weighted by atomic mass is 16.2. The molecule has 190 valence electrons. The second-order valence-corrected chi connectivity index (χ2v) is 10.7. The molecule has 2 fully saturated rings. The molecule has 36 heavy (non-hydrogen) atoms. The highest BCUT2D eigenvalue weighted by Crippen LogP contribution is 2.30. The Kier molecular flexibility index (Phi) is 7.08. The summed E-state index contributed by atoms with van der Waals surface area (Å²) in [6.45, 7) is 7.48. The van der Waals surface area contributed by atoms with E-state index in [-0.39, 0.29) is 29.8 Å². The first-order valence-electron chi connectivity index (χ1n) is 13.5. The number of pyridine rings is 1. The van der Waals surface area contributed by atoms with Crippen molar-refractivity contribution in [3.63, 3.8) is 0 Å². The van der Waals surface area contributed by atoms with E-state index in [0.717, 1.165) is 66.4 Å². The molecule has 7 nitrogen and oxygen atoms in total. The zero-order valence-corrected chi connectivity index (χ0v) is 21.7. The van der Waals surface area contributed by atoms with Crippen LogP contribution in [0.5, 0.6) is 0 Å². The van der Waals surface area contributed by atoms with Crippen LogP contribution in [0.25, 0.3) is 22.3 Å². The van der Waals surface area contributed by atoms with Crippen molar-refractivity contribution in [1.82, 2.24) is 25.0 Å². The van der Waals surface area contributed by atoms with Crippen LogP contribution in [0, 0.1) is 12.8 Å². The van der Waals surface area contributed by atoms with Gasteiger partial charge in [0.1, 0.15) is 0 Å². The van der Waals surface area contributed by atoms with E-state index >= 15 is 0 Å². The molecule has 1 aromatic carbocycles. The number of carbonyl (C=O) groups is 2. The quantitative estimate of drug-likeness (QED) is 0.530. The average Bonchev–Trinajstić information content (AvgIpc) is 3.33. The lowest BCUT2D eigenvalue weighted by Crippen LogP contribution is -2.48. The summed E-state index contributed by atoms with van der Waals surface area (Å²) in [5.74, 6) is 0.387. The Morgan fingerprint density at radius 2 is 1.75 bits per heavy atom. The molecule has 0 radical (unpaired) electrons. The number of benzene rings is 1. The van der Waals surface area contributed by atoms with Gasteiger partial charge >= 0.3 is 0 Å². The standard InChI is InChI=1S/C29H37N5O2/c1-19(2)34-27-25(18-30-34)24(17-26(32-27)23-12-8-7-9-20(23)3)29(36)33-15-13-22(14-16-33)31-28(35)21-10-5-4-6-11-21/h7-9,12,17-19,21-22H,4-6,10-11,13-16H2,1-3H3,(H,31,35). The minimum absolute atomic E-state index is 0.0117. The highest BCUT2D eigenvalue weighted by Gasteiger charge is 2.29. The molecular formula is C29H37N5O2. The third-order valence-corrected chi connectivity index (χ3v) is 7.81. The topological polar surface area (TPSA) is 80.1 Å². The molecule has 2 aromatic heterocycles. The van der Waals surface area contributed by atoms with Crippen LogP contribution >= 0.6 is 0 Å². The Morgan fingerprint density at radius 1 is 1.03 bits per heavy atom. The summed E-state index contributed by atoms with van der Waals surface area (Å²) >= 11 is 0. The number of fused-ring (bicyclic) bond motifs is 1. The third-order valence-electron chi connectivity index (χ3n) is 7.81. The second-order valence-electron chi connectivity index (χ2n) is 10.7. The van der Waals surface area contributed by atoms with Gasteiger partial charge in [0, 0.05) is 36.7 Å². The molecule has 0 bridgehead atoms. The third kappa shape index (κ3) is 4.88. The van der Waals surface area contributed by atoms with Gasteiger partial charge in [0.25, 0.3) is 5.91 Å². The predicted molar refractivity (Wildman–Crippen MR) is 142 cm³/mol. The molecule has 2 amide bonds. The zero-order chi connectivity index (χ0) is 25.2. The first-order valence-corrected chi connectivity index (χ1v) is 13.5. The van der Waals surface area contributed by atoms with Crippen LogP contribution in [0.15, 0.2) is 36.5 Å². The molecule has 7 heteroatoms. The van der Waals surface area contributed by atoms with Gasteiger partial charge in [-0.15, -0.1) is 0 Å². The molecule has 2 aliphatic rings. The van der Waals surface area contributed by atoms with E-state index in [1.165, 1.54) is 6.42 Å². The van der Waals surface area contributed by atoms with Crippen molar-refractivity contribution in [3.8, 4) is 11.3 Å². The molecule has 0 spiro atoms.